The Kier molecular flexibility index (Phi) is 7.28. The average Bonchev–Trinajstić information content (AvgIpc) is 2.22. The van der Waals surface area contributed by atoms with Crippen molar-refractivity contribution in [1.82, 2.24) is 0 Å². The molecule has 0 saturated heterocycles. The zero-order chi connectivity index (χ0) is 13.4. The molecule has 2 heteroatoms. The highest BCUT2D eigenvalue weighted by molar-refractivity contribution is 6.83. The van der Waals surface area contributed by atoms with Gasteiger partial charge in [0.2, 0.25) is 0 Å². The Morgan fingerprint density at radius 1 is 1.18 bits per heavy atom. The first kappa shape index (κ1) is 16.3. The fourth-order valence-corrected chi connectivity index (χ4v) is 2.12. The van der Waals surface area contributed by atoms with Gasteiger partial charge in [0.15, 0.2) is 0 Å². The first-order valence-corrected chi connectivity index (χ1v) is 10.0. The van der Waals surface area contributed by atoms with E-state index in [2.05, 4.69) is 43.9 Å². The van der Waals surface area contributed by atoms with Gasteiger partial charge in [-0.2, -0.15) is 0 Å². The molecule has 17 heavy (non-hydrogen) atoms. The molecule has 0 fully saturated rings. The third-order valence-corrected chi connectivity index (χ3v) is 3.38. The Labute approximate surface area is 108 Å². The van der Waals surface area contributed by atoms with Gasteiger partial charge in [0.25, 0.3) is 0 Å². The number of hydrogen-bond acceptors (Lipinski definition) is 1. The maximum absolute atomic E-state index is 10.4. The first-order chi connectivity index (χ1) is 7.83. The molecule has 0 saturated carbocycles. The van der Waals surface area contributed by atoms with Crippen molar-refractivity contribution in [3.63, 3.8) is 0 Å². The van der Waals surface area contributed by atoms with Gasteiger partial charge in [-0.1, -0.05) is 51.7 Å². The van der Waals surface area contributed by atoms with Crippen LogP contribution in [0.4, 0.5) is 0 Å². The Balaban J connectivity index is 4.45. The Morgan fingerprint density at radius 2 is 1.82 bits per heavy atom. The molecule has 0 aliphatic carbocycles. The quantitative estimate of drug-likeness (QED) is 0.434. The highest BCUT2D eigenvalue weighted by Gasteiger charge is 2.23. The van der Waals surface area contributed by atoms with E-state index in [1.807, 2.05) is 0 Å². The van der Waals surface area contributed by atoms with Crippen molar-refractivity contribution in [2.24, 2.45) is 0 Å². The monoisotopic (exact) mass is 250 g/mol. The van der Waals surface area contributed by atoms with E-state index in [1.54, 1.807) is 0 Å². The minimum absolute atomic E-state index is 0.344. The minimum atomic E-state index is -1.44. The predicted octanol–water partition coefficient (Wildman–Crippen LogP) is 3.59. The van der Waals surface area contributed by atoms with Gasteiger partial charge in [0.1, 0.15) is 13.7 Å². The summed E-state index contributed by atoms with van der Waals surface area (Å²) in [5, 5.41) is 10.4. The summed E-state index contributed by atoms with van der Waals surface area (Å²) < 4.78 is 0. The van der Waals surface area contributed by atoms with E-state index in [9.17, 15) is 5.11 Å². The molecule has 0 aliphatic rings. The average molecular weight is 250 g/mol. The number of rotatable bonds is 6. The van der Waals surface area contributed by atoms with Crippen molar-refractivity contribution in [1.29, 1.82) is 0 Å². The Bertz CT molecular complexity index is 311. The molecule has 0 aromatic rings. The lowest BCUT2D eigenvalue weighted by Gasteiger charge is -2.20. The molecule has 0 bridgehead atoms. The second-order valence-electron chi connectivity index (χ2n) is 5.72. The molecule has 0 aromatic carbocycles. The van der Waals surface area contributed by atoms with E-state index in [4.69, 9.17) is 6.42 Å². The molecular weight excluding hydrogens is 224 g/mol. The topological polar surface area (TPSA) is 20.2 Å². The van der Waals surface area contributed by atoms with Crippen LogP contribution in [0, 0.1) is 23.8 Å². The van der Waals surface area contributed by atoms with Crippen LogP contribution in [0.5, 0.6) is 0 Å². The van der Waals surface area contributed by atoms with Gasteiger partial charge in [-0.15, -0.1) is 17.9 Å². The van der Waals surface area contributed by atoms with E-state index in [1.165, 1.54) is 12.8 Å². The fraction of sp³-hybridized carbons (Fsp3) is 0.733. The van der Waals surface area contributed by atoms with Crippen LogP contribution in [0.3, 0.4) is 0 Å². The largest absolute Gasteiger partial charge is 0.377 e. The second kappa shape index (κ2) is 7.59. The summed E-state index contributed by atoms with van der Waals surface area (Å²) in [6, 6.07) is 0. The lowest BCUT2D eigenvalue weighted by atomic mass is 9.94. The third kappa shape index (κ3) is 9.04. The highest BCUT2D eigenvalue weighted by atomic mass is 28.3. The lowest BCUT2D eigenvalue weighted by Crippen LogP contribution is -2.28. The van der Waals surface area contributed by atoms with Crippen molar-refractivity contribution in [3.8, 4) is 23.8 Å². The molecule has 0 amide bonds. The van der Waals surface area contributed by atoms with Crippen molar-refractivity contribution >= 4 is 8.07 Å². The van der Waals surface area contributed by atoms with Gasteiger partial charge in [0.05, 0.1) is 0 Å². The van der Waals surface area contributed by atoms with E-state index >= 15 is 0 Å². The number of aliphatic hydroxyl groups is 1. The van der Waals surface area contributed by atoms with Gasteiger partial charge >= 0.3 is 0 Å². The summed E-state index contributed by atoms with van der Waals surface area (Å²) in [5.41, 5.74) is 2.28. The van der Waals surface area contributed by atoms with Crippen LogP contribution in [-0.4, -0.2) is 18.8 Å². The molecular formula is C15H26OSi. The SMILES string of the molecule is C#CCC(O)(C#C[Si](C)(C)C)CCCCCC. The summed E-state index contributed by atoms with van der Waals surface area (Å²) in [5.74, 6) is 5.59. The summed E-state index contributed by atoms with van der Waals surface area (Å²) in [6.45, 7) is 8.70. The van der Waals surface area contributed by atoms with Crippen molar-refractivity contribution in [2.45, 2.75) is 70.7 Å². The van der Waals surface area contributed by atoms with Gasteiger partial charge in [0, 0.05) is 6.42 Å². The van der Waals surface area contributed by atoms with Crippen molar-refractivity contribution in [3.05, 3.63) is 0 Å². The van der Waals surface area contributed by atoms with Crippen LogP contribution >= 0.6 is 0 Å². The van der Waals surface area contributed by atoms with E-state index < -0.39 is 13.7 Å². The van der Waals surface area contributed by atoms with Crippen LogP contribution in [0.2, 0.25) is 19.6 Å². The smallest absolute Gasteiger partial charge is 0.135 e. The fourth-order valence-electron chi connectivity index (χ4n) is 1.51. The number of terminal acetylenes is 1. The molecule has 1 N–H and O–H groups in total. The van der Waals surface area contributed by atoms with Crippen LogP contribution in [0.25, 0.3) is 0 Å². The third-order valence-electron chi connectivity index (χ3n) is 2.51. The lowest BCUT2D eigenvalue weighted by molar-refractivity contribution is 0.0940. The summed E-state index contributed by atoms with van der Waals surface area (Å²) >= 11 is 0. The molecule has 0 aromatic heterocycles. The normalized spacial score (nSPS) is 14.4. The van der Waals surface area contributed by atoms with Crippen LogP contribution in [0.15, 0.2) is 0 Å². The van der Waals surface area contributed by atoms with Crippen LogP contribution in [-0.2, 0) is 0 Å². The molecule has 1 nitrogen and oxygen atoms in total. The van der Waals surface area contributed by atoms with Gasteiger partial charge in [-0.05, 0) is 12.8 Å². The van der Waals surface area contributed by atoms with E-state index in [0.29, 0.717) is 12.8 Å². The molecule has 0 radical (unpaired) electrons. The van der Waals surface area contributed by atoms with Gasteiger partial charge < -0.3 is 5.11 Å². The van der Waals surface area contributed by atoms with E-state index in [0.717, 1.165) is 12.8 Å². The number of hydrogen-bond donors (Lipinski definition) is 1. The van der Waals surface area contributed by atoms with Gasteiger partial charge in [-0.3, -0.25) is 0 Å². The van der Waals surface area contributed by atoms with Gasteiger partial charge in [-0.25, -0.2) is 0 Å². The van der Waals surface area contributed by atoms with Crippen LogP contribution in [0.1, 0.15) is 45.4 Å². The molecule has 1 unspecified atom stereocenters. The molecule has 0 heterocycles. The van der Waals surface area contributed by atoms with Crippen LogP contribution < -0.4 is 0 Å². The highest BCUT2D eigenvalue weighted by Crippen LogP contribution is 2.19. The Morgan fingerprint density at radius 3 is 2.29 bits per heavy atom. The molecule has 0 rings (SSSR count). The maximum atomic E-state index is 10.4. The molecule has 0 spiro atoms. The zero-order valence-electron chi connectivity index (χ0n) is 11.8. The molecule has 96 valence electrons. The molecule has 1 atom stereocenters. The summed E-state index contributed by atoms with van der Waals surface area (Å²) in [4.78, 5) is 0. The minimum Gasteiger partial charge on any atom is -0.377 e. The standard InChI is InChI=1S/C15H26OSi/c1-6-8-9-10-12-15(16,11-7-2)13-14-17(3,4)5/h2,16H,6,8-12H2,1,3-5H3. The number of unbranched alkanes of at least 4 members (excludes halogenated alkanes) is 3. The summed E-state index contributed by atoms with van der Waals surface area (Å²) in [6.07, 6.45) is 10.9. The maximum Gasteiger partial charge on any atom is 0.135 e. The predicted molar refractivity (Wildman–Crippen MR) is 78.3 cm³/mol. The Hall–Kier alpha value is -0.703. The van der Waals surface area contributed by atoms with Crippen molar-refractivity contribution < 1.29 is 5.11 Å². The second-order valence-corrected chi connectivity index (χ2v) is 10.5. The zero-order valence-corrected chi connectivity index (χ0v) is 12.8. The first-order valence-electron chi connectivity index (χ1n) is 6.53. The molecule has 0 aliphatic heterocycles. The summed E-state index contributed by atoms with van der Waals surface area (Å²) in [7, 11) is -1.44. The van der Waals surface area contributed by atoms with E-state index in [-0.39, 0.29) is 0 Å². The van der Waals surface area contributed by atoms with Crippen molar-refractivity contribution in [2.75, 3.05) is 0 Å².